The Labute approximate surface area is 101 Å². The normalized spacial score (nSPS) is 10.2. The van der Waals surface area contributed by atoms with Crippen LogP contribution < -0.4 is 0 Å². The highest BCUT2D eigenvalue weighted by atomic mass is 32.2. The van der Waals surface area contributed by atoms with Crippen molar-refractivity contribution < 1.29 is 9.90 Å². The van der Waals surface area contributed by atoms with Crippen LogP contribution in [0, 0.1) is 6.92 Å². The highest BCUT2D eigenvalue weighted by molar-refractivity contribution is 7.99. The van der Waals surface area contributed by atoms with E-state index in [0.29, 0.717) is 10.2 Å². The molecule has 2 aromatic rings. The van der Waals surface area contributed by atoms with Gasteiger partial charge in [-0.2, -0.15) is 0 Å². The van der Waals surface area contributed by atoms with E-state index in [1.54, 1.807) is 12.4 Å². The lowest BCUT2D eigenvalue weighted by Crippen LogP contribution is -2.00. The third-order valence-corrected chi connectivity index (χ3v) is 2.61. The van der Waals surface area contributed by atoms with E-state index in [2.05, 4.69) is 19.9 Å². The first-order valence-corrected chi connectivity index (χ1v) is 5.48. The minimum absolute atomic E-state index is 0.0841. The van der Waals surface area contributed by atoms with E-state index in [-0.39, 0.29) is 5.69 Å². The fraction of sp³-hybridized carbons (Fsp3) is 0.100. The summed E-state index contributed by atoms with van der Waals surface area (Å²) in [6, 6.07) is 0. The van der Waals surface area contributed by atoms with Crippen molar-refractivity contribution in [1.29, 1.82) is 0 Å². The van der Waals surface area contributed by atoms with Crippen LogP contribution in [0.1, 0.15) is 16.1 Å². The number of nitrogens with zero attached hydrogens (tertiary/aromatic N) is 4. The number of rotatable bonds is 3. The van der Waals surface area contributed by atoms with Crippen molar-refractivity contribution in [1.82, 2.24) is 19.9 Å². The molecular weight excluding hydrogens is 240 g/mol. The third kappa shape index (κ3) is 2.97. The molecule has 7 heteroatoms. The molecule has 0 aliphatic carbocycles. The standard InChI is InChI=1S/C10H8N4O2S/c1-6-2-13-10(14-3-6)17-8-5-11-7(4-12-8)9(15)16/h2-5H,1H3,(H,15,16). The Morgan fingerprint density at radius 1 is 1.12 bits per heavy atom. The van der Waals surface area contributed by atoms with Crippen LogP contribution in [-0.4, -0.2) is 31.0 Å². The molecule has 0 amide bonds. The molecule has 0 unspecified atom stereocenters. The van der Waals surface area contributed by atoms with Crippen LogP contribution in [0.2, 0.25) is 0 Å². The van der Waals surface area contributed by atoms with Gasteiger partial charge in [-0.25, -0.2) is 24.7 Å². The number of hydrogen-bond donors (Lipinski definition) is 1. The van der Waals surface area contributed by atoms with Gasteiger partial charge in [0.1, 0.15) is 5.03 Å². The first-order chi connectivity index (χ1) is 8.15. The molecule has 0 bridgehead atoms. The lowest BCUT2D eigenvalue weighted by Gasteiger charge is -1.99. The molecule has 2 rings (SSSR count). The maximum Gasteiger partial charge on any atom is 0.356 e. The second-order valence-corrected chi connectivity index (χ2v) is 4.18. The van der Waals surface area contributed by atoms with Crippen molar-refractivity contribution >= 4 is 17.7 Å². The minimum Gasteiger partial charge on any atom is -0.476 e. The van der Waals surface area contributed by atoms with Crippen LogP contribution in [0.15, 0.2) is 35.0 Å². The van der Waals surface area contributed by atoms with Gasteiger partial charge in [-0.05, 0) is 24.2 Å². The van der Waals surface area contributed by atoms with E-state index >= 15 is 0 Å². The van der Waals surface area contributed by atoms with Gasteiger partial charge in [0.25, 0.3) is 0 Å². The SMILES string of the molecule is Cc1cnc(Sc2cnc(C(=O)O)cn2)nc1. The molecule has 2 heterocycles. The van der Waals surface area contributed by atoms with Crippen LogP contribution in [-0.2, 0) is 0 Å². The van der Waals surface area contributed by atoms with Gasteiger partial charge in [-0.15, -0.1) is 0 Å². The maximum atomic E-state index is 10.6. The highest BCUT2D eigenvalue weighted by Crippen LogP contribution is 2.20. The molecule has 17 heavy (non-hydrogen) atoms. The summed E-state index contributed by atoms with van der Waals surface area (Å²) >= 11 is 1.23. The average Bonchev–Trinajstić information content (AvgIpc) is 2.33. The molecule has 2 aromatic heterocycles. The van der Waals surface area contributed by atoms with Crippen molar-refractivity contribution in [2.45, 2.75) is 17.1 Å². The molecular formula is C10H8N4O2S. The highest BCUT2D eigenvalue weighted by Gasteiger charge is 2.06. The van der Waals surface area contributed by atoms with Gasteiger partial charge in [-0.3, -0.25) is 0 Å². The van der Waals surface area contributed by atoms with E-state index in [9.17, 15) is 4.79 Å². The Bertz CT molecular complexity index is 527. The monoisotopic (exact) mass is 248 g/mol. The number of aryl methyl sites for hydroxylation is 1. The van der Waals surface area contributed by atoms with Crippen LogP contribution >= 0.6 is 11.8 Å². The molecule has 0 atom stereocenters. The lowest BCUT2D eigenvalue weighted by atomic mass is 10.4. The summed E-state index contributed by atoms with van der Waals surface area (Å²) in [5.41, 5.74) is 0.890. The summed E-state index contributed by atoms with van der Waals surface area (Å²) in [5, 5.41) is 9.77. The molecule has 0 saturated carbocycles. The summed E-state index contributed by atoms with van der Waals surface area (Å²) in [7, 11) is 0. The van der Waals surface area contributed by atoms with Crippen LogP contribution in [0.3, 0.4) is 0 Å². The predicted molar refractivity (Wildman–Crippen MR) is 59.9 cm³/mol. The van der Waals surface area contributed by atoms with Gasteiger partial charge < -0.3 is 5.11 Å². The molecule has 0 aromatic carbocycles. The molecule has 0 saturated heterocycles. The molecule has 86 valence electrons. The summed E-state index contributed by atoms with van der Waals surface area (Å²) < 4.78 is 0. The Morgan fingerprint density at radius 3 is 2.35 bits per heavy atom. The largest absolute Gasteiger partial charge is 0.476 e. The van der Waals surface area contributed by atoms with Gasteiger partial charge in [-0.1, -0.05) is 0 Å². The third-order valence-electron chi connectivity index (χ3n) is 1.80. The second kappa shape index (κ2) is 4.88. The van der Waals surface area contributed by atoms with E-state index in [4.69, 9.17) is 5.11 Å². The number of aromatic nitrogens is 4. The number of aromatic carboxylic acids is 1. The maximum absolute atomic E-state index is 10.6. The minimum atomic E-state index is -1.10. The summed E-state index contributed by atoms with van der Waals surface area (Å²) in [5.74, 6) is -1.10. The molecule has 0 aliphatic heterocycles. The van der Waals surface area contributed by atoms with Crippen molar-refractivity contribution in [2.75, 3.05) is 0 Å². The summed E-state index contributed by atoms with van der Waals surface area (Å²) in [6.07, 6.45) is 6.00. The lowest BCUT2D eigenvalue weighted by molar-refractivity contribution is 0.0689. The zero-order chi connectivity index (χ0) is 12.3. The average molecular weight is 248 g/mol. The molecule has 0 fully saturated rings. The molecule has 0 radical (unpaired) electrons. The van der Waals surface area contributed by atoms with E-state index in [1.165, 1.54) is 24.2 Å². The van der Waals surface area contributed by atoms with Gasteiger partial charge in [0.05, 0.1) is 12.4 Å². The van der Waals surface area contributed by atoms with Gasteiger partial charge >= 0.3 is 5.97 Å². The van der Waals surface area contributed by atoms with Crippen LogP contribution in [0.5, 0.6) is 0 Å². The zero-order valence-electron chi connectivity index (χ0n) is 8.86. The van der Waals surface area contributed by atoms with Gasteiger partial charge in [0.2, 0.25) is 0 Å². The molecule has 1 N–H and O–H groups in total. The molecule has 6 nitrogen and oxygen atoms in total. The van der Waals surface area contributed by atoms with Crippen LogP contribution in [0.25, 0.3) is 0 Å². The van der Waals surface area contributed by atoms with Gasteiger partial charge in [0, 0.05) is 12.4 Å². The first kappa shape index (κ1) is 11.5. The summed E-state index contributed by atoms with van der Waals surface area (Å²) in [6.45, 7) is 1.90. The second-order valence-electron chi connectivity index (χ2n) is 3.19. The Morgan fingerprint density at radius 2 is 1.82 bits per heavy atom. The van der Waals surface area contributed by atoms with E-state index in [1.807, 2.05) is 6.92 Å². The molecule has 0 aliphatic rings. The fourth-order valence-corrected chi connectivity index (χ4v) is 1.62. The topological polar surface area (TPSA) is 88.9 Å². The van der Waals surface area contributed by atoms with E-state index < -0.39 is 5.97 Å². The van der Waals surface area contributed by atoms with Crippen molar-refractivity contribution in [3.05, 3.63) is 36.0 Å². The number of carboxylic acids is 1. The van der Waals surface area contributed by atoms with Crippen molar-refractivity contribution in [3.63, 3.8) is 0 Å². The number of carboxylic acid groups (broad SMARTS) is 1. The Kier molecular flexibility index (Phi) is 3.29. The number of hydrogen-bond acceptors (Lipinski definition) is 6. The first-order valence-electron chi connectivity index (χ1n) is 4.67. The molecule has 0 spiro atoms. The Balaban J connectivity index is 2.13. The zero-order valence-corrected chi connectivity index (χ0v) is 9.68. The summed E-state index contributed by atoms with van der Waals surface area (Å²) in [4.78, 5) is 26.5. The van der Waals surface area contributed by atoms with Crippen molar-refractivity contribution in [2.24, 2.45) is 0 Å². The number of carbonyl (C=O) groups is 1. The predicted octanol–water partition coefficient (Wildman–Crippen LogP) is 1.42. The Hall–Kier alpha value is -2.02. The fourth-order valence-electron chi connectivity index (χ4n) is 1.01. The van der Waals surface area contributed by atoms with Crippen LogP contribution in [0.4, 0.5) is 0 Å². The smallest absolute Gasteiger partial charge is 0.356 e. The quantitative estimate of drug-likeness (QED) is 0.821. The van der Waals surface area contributed by atoms with Crippen molar-refractivity contribution in [3.8, 4) is 0 Å². The van der Waals surface area contributed by atoms with Gasteiger partial charge in [0.15, 0.2) is 10.9 Å². The van der Waals surface area contributed by atoms with E-state index in [0.717, 1.165) is 5.56 Å².